The number of carbonyl (C=O) groups is 2. The van der Waals surface area contributed by atoms with E-state index in [0.29, 0.717) is 28.3 Å². The highest BCUT2D eigenvalue weighted by Crippen LogP contribution is 2.22. The lowest BCUT2D eigenvalue weighted by atomic mass is 10.1. The van der Waals surface area contributed by atoms with E-state index in [1.807, 2.05) is 18.2 Å². The number of methoxy groups -OCH3 is 1. The summed E-state index contributed by atoms with van der Waals surface area (Å²) >= 11 is 0. The van der Waals surface area contributed by atoms with Crippen molar-refractivity contribution in [1.29, 1.82) is 0 Å². The Morgan fingerprint density at radius 1 is 1.21 bits per heavy atom. The number of anilines is 1. The van der Waals surface area contributed by atoms with E-state index in [1.165, 1.54) is 4.90 Å². The van der Waals surface area contributed by atoms with Gasteiger partial charge >= 0.3 is 0 Å². The summed E-state index contributed by atoms with van der Waals surface area (Å²) in [5.74, 6) is 2.63. The lowest BCUT2D eigenvalue weighted by Gasteiger charge is -2.18. The van der Waals surface area contributed by atoms with Crippen molar-refractivity contribution in [2.45, 2.75) is 6.92 Å². The standard InChI is InChI=1S/C23H21N3O3/c1-5-16-7-6-8-18(11-16)25-22(27)14-26(3)23(28)20-12-17-9-10-19(29-4)13-21(17)24-15(20)2/h1,6-13H,14H2,2-4H3,(H,25,27). The summed E-state index contributed by atoms with van der Waals surface area (Å²) in [4.78, 5) is 31.1. The number of likely N-dealkylation sites (N-methyl/N-ethyl adjacent to an activating group) is 1. The molecule has 1 N–H and O–H groups in total. The number of pyridine rings is 1. The third kappa shape index (κ3) is 4.53. The molecule has 0 fully saturated rings. The van der Waals surface area contributed by atoms with Gasteiger partial charge in [0.05, 0.1) is 30.4 Å². The molecular weight excluding hydrogens is 366 g/mol. The molecule has 6 nitrogen and oxygen atoms in total. The minimum atomic E-state index is -0.314. The summed E-state index contributed by atoms with van der Waals surface area (Å²) < 4.78 is 5.21. The summed E-state index contributed by atoms with van der Waals surface area (Å²) in [6, 6.07) is 14.2. The molecule has 0 saturated heterocycles. The van der Waals surface area contributed by atoms with Crippen molar-refractivity contribution in [3.63, 3.8) is 0 Å². The van der Waals surface area contributed by atoms with Crippen LogP contribution >= 0.6 is 0 Å². The lowest BCUT2D eigenvalue weighted by Crippen LogP contribution is -2.35. The zero-order valence-corrected chi connectivity index (χ0v) is 16.5. The molecule has 0 unspecified atom stereocenters. The number of aryl methyl sites for hydroxylation is 1. The summed E-state index contributed by atoms with van der Waals surface area (Å²) in [6.07, 6.45) is 5.38. The summed E-state index contributed by atoms with van der Waals surface area (Å²) in [5.41, 5.74) is 3.04. The van der Waals surface area contributed by atoms with E-state index in [9.17, 15) is 9.59 Å². The Bertz CT molecular complexity index is 1130. The quantitative estimate of drug-likeness (QED) is 0.682. The second-order valence-corrected chi connectivity index (χ2v) is 6.61. The van der Waals surface area contributed by atoms with Gasteiger partial charge in [0.15, 0.2) is 0 Å². The predicted molar refractivity (Wildman–Crippen MR) is 113 cm³/mol. The predicted octanol–water partition coefficient (Wildman–Crippen LogP) is 3.24. The fourth-order valence-electron chi connectivity index (χ4n) is 2.97. The van der Waals surface area contributed by atoms with Gasteiger partial charge < -0.3 is 15.0 Å². The molecule has 3 aromatic rings. The summed E-state index contributed by atoms with van der Waals surface area (Å²) in [5, 5.41) is 3.58. The highest BCUT2D eigenvalue weighted by Gasteiger charge is 2.18. The van der Waals surface area contributed by atoms with Crippen LogP contribution in [0.1, 0.15) is 21.6 Å². The average Bonchev–Trinajstić information content (AvgIpc) is 2.72. The van der Waals surface area contributed by atoms with Crippen LogP contribution in [0.4, 0.5) is 5.69 Å². The molecule has 0 aliphatic heterocycles. The Morgan fingerprint density at radius 3 is 2.72 bits per heavy atom. The SMILES string of the molecule is C#Cc1cccc(NC(=O)CN(C)C(=O)c2cc3ccc(OC)cc3nc2C)c1. The Hall–Kier alpha value is -3.85. The van der Waals surface area contributed by atoms with Crippen LogP contribution in [0.15, 0.2) is 48.5 Å². The van der Waals surface area contributed by atoms with E-state index in [4.69, 9.17) is 11.2 Å². The number of terminal acetylenes is 1. The van der Waals surface area contributed by atoms with Gasteiger partial charge in [-0.25, -0.2) is 0 Å². The van der Waals surface area contributed by atoms with Crippen LogP contribution in [0.3, 0.4) is 0 Å². The largest absolute Gasteiger partial charge is 0.497 e. The first-order valence-corrected chi connectivity index (χ1v) is 8.98. The number of rotatable bonds is 5. The van der Waals surface area contributed by atoms with Gasteiger partial charge in [0.1, 0.15) is 5.75 Å². The minimum Gasteiger partial charge on any atom is -0.497 e. The third-order valence-corrected chi connectivity index (χ3v) is 4.49. The average molecular weight is 387 g/mol. The van der Waals surface area contributed by atoms with Crippen LogP contribution < -0.4 is 10.1 Å². The van der Waals surface area contributed by atoms with E-state index in [-0.39, 0.29) is 18.4 Å². The molecule has 0 radical (unpaired) electrons. The second kappa shape index (κ2) is 8.44. The lowest BCUT2D eigenvalue weighted by molar-refractivity contribution is -0.116. The number of ether oxygens (including phenoxy) is 1. The maximum Gasteiger partial charge on any atom is 0.255 e. The van der Waals surface area contributed by atoms with E-state index in [2.05, 4.69) is 16.2 Å². The molecule has 2 aromatic carbocycles. The van der Waals surface area contributed by atoms with Gasteiger partial charge in [-0.3, -0.25) is 14.6 Å². The first-order valence-electron chi connectivity index (χ1n) is 8.98. The second-order valence-electron chi connectivity index (χ2n) is 6.61. The number of benzene rings is 2. The molecular formula is C23H21N3O3. The molecule has 146 valence electrons. The Balaban J connectivity index is 1.74. The monoisotopic (exact) mass is 387 g/mol. The molecule has 0 aliphatic carbocycles. The number of fused-ring (bicyclic) bond motifs is 1. The van der Waals surface area contributed by atoms with Crippen molar-refractivity contribution >= 4 is 28.4 Å². The van der Waals surface area contributed by atoms with E-state index in [1.54, 1.807) is 51.4 Å². The fraction of sp³-hybridized carbons (Fsp3) is 0.174. The van der Waals surface area contributed by atoms with Gasteiger partial charge in [0.2, 0.25) is 5.91 Å². The fourth-order valence-corrected chi connectivity index (χ4v) is 2.97. The smallest absolute Gasteiger partial charge is 0.255 e. The number of carbonyl (C=O) groups excluding carboxylic acids is 2. The zero-order chi connectivity index (χ0) is 21.0. The van der Waals surface area contributed by atoms with Crippen molar-refractivity contribution in [1.82, 2.24) is 9.88 Å². The third-order valence-electron chi connectivity index (χ3n) is 4.49. The van der Waals surface area contributed by atoms with Crippen LogP contribution in [-0.2, 0) is 4.79 Å². The molecule has 0 saturated carbocycles. The topological polar surface area (TPSA) is 71.5 Å². The number of aromatic nitrogens is 1. The van der Waals surface area contributed by atoms with Gasteiger partial charge in [0.25, 0.3) is 5.91 Å². The normalized spacial score (nSPS) is 10.3. The van der Waals surface area contributed by atoms with Crippen molar-refractivity contribution in [2.24, 2.45) is 0 Å². The Kier molecular flexibility index (Phi) is 5.79. The van der Waals surface area contributed by atoms with E-state index >= 15 is 0 Å². The Morgan fingerprint density at radius 2 is 2.00 bits per heavy atom. The summed E-state index contributed by atoms with van der Waals surface area (Å²) in [6.45, 7) is 1.67. The zero-order valence-electron chi connectivity index (χ0n) is 16.5. The van der Waals surface area contributed by atoms with Gasteiger partial charge in [-0.2, -0.15) is 0 Å². The molecule has 0 atom stereocenters. The highest BCUT2D eigenvalue weighted by atomic mass is 16.5. The van der Waals surface area contributed by atoms with Crippen molar-refractivity contribution in [2.75, 3.05) is 26.0 Å². The number of hydrogen-bond acceptors (Lipinski definition) is 4. The van der Waals surface area contributed by atoms with Crippen LogP contribution in [0.5, 0.6) is 5.75 Å². The number of nitrogens with one attached hydrogen (secondary N) is 1. The summed E-state index contributed by atoms with van der Waals surface area (Å²) in [7, 11) is 3.17. The van der Waals surface area contributed by atoms with E-state index < -0.39 is 0 Å². The molecule has 6 heteroatoms. The highest BCUT2D eigenvalue weighted by molar-refractivity contribution is 6.01. The van der Waals surface area contributed by atoms with Crippen molar-refractivity contribution < 1.29 is 14.3 Å². The van der Waals surface area contributed by atoms with Gasteiger partial charge in [-0.05, 0) is 43.3 Å². The maximum absolute atomic E-state index is 12.9. The molecule has 1 heterocycles. The van der Waals surface area contributed by atoms with Gasteiger partial charge in [-0.1, -0.05) is 12.0 Å². The molecule has 0 bridgehead atoms. The van der Waals surface area contributed by atoms with Crippen LogP contribution in [0, 0.1) is 19.3 Å². The number of amides is 2. The first kappa shape index (κ1) is 19.9. The minimum absolute atomic E-state index is 0.0980. The van der Waals surface area contributed by atoms with Crippen LogP contribution in [0.25, 0.3) is 10.9 Å². The molecule has 0 spiro atoms. The molecule has 2 amide bonds. The molecule has 29 heavy (non-hydrogen) atoms. The van der Waals surface area contributed by atoms with Gasteiger partial charge in [-0.15, -0.1) is 6.42 Å². The van der Waals surface area contributed by atoms with Crippen LogP contribution in [-0.4, -0.2) is 42.4 Å². The maximum atomic E-state index is 12.9. The van der Waals surface area contributed by atoms with Crippen molar-refractivity contribution in [3.8, 4) is 18.1 Å². The van der Waals surface area contributed by atoms with Gasteiger partial charge in [0, 0.05) is 29.8 Å². The number of hydrogen-bond donors (Lipinski definition) is 1. The molecule has 3 rings (SSSR count). The van der Waals surface area contributed by atoms with Crippen LogP contribution in [0.2, 0.25) is 0 Å². The number of nitrogens with zero attached hydrogens (tertiary/aromatic N) is 2. The Labute approximate surface area is 169 Å². The molecule has 0 aliphatic rings. The van der Waals surface area contributed by atoms with E-state index in [0.717, 1.165) is 10.9 Å². The molecule has 1 aromatic heterocycles. The first-order chi connectivity index (χ1) is 13.9. The van der Waals surface area contributed by atoms with Crippen molar-refractivity contribution in [3.05, 3.63) is 65.4 Å².